The van der Waals surface area contributed by atoms with Crippen molar-refractivity contribution < 1.29 is 8.42 Å². The van der Waals surface area contributed by atoms with Crippen molar-refractivity contribution in [3.8, 4) is 0 Å². The van der Waals surface area contributed by atoms with Crippen LogP contribution in [0.2, 0.25) is 0 Å². The highest BCUT2D eigenvalue weighted by atomic mass is 32.2. The fourth-order valence-corrected chi connectivity index (χ4v) is 4.49. The number of hydrogen-bond donors (Lipinski definition) is 2. The quantitative estimate of drug-likeness (QED) is 0.896. The number of sulfonamides is 1. The van der Waals surface area contributed by atoms with Crippen molar-refractivity contribution in [1.82, 2.24) is 10.0 Å². The van der Waals surface area contributed by atoms with Crippen LogP contribution < -0.4 is 10.0 Å². The maximum absolute atomic E-state index is 12.5. The molecule has 4 nitrogen and oxygen atoms in total. The third-order valence-electron chi connectivity index (χ3n) is 4.30. The van der Waals surface area contributed by atoms with E-state index in [1.807, 2.05) is 12.1 Å². The van der Waals surface area contributed by atoms with E-state index in [0.29, 0.717) is 4.90 Å². The maximum Gasteiger partial charge on any atom is 0.240 e. The van der Waals surface area contributed by atoms with Crippen LogP contribution in [0.15, 0.2) is 23.1 Å². The zero-order valence-electron chi connectivity index (χ0n) is 11.7. The van der Waals surface area contributed by atoms with E-state index in [-0.39, 0.29) is 6.04 Å². The minimum atomic E-state index is -3.37. The predicted molar refractivity (Wildman–Crippen MR) is 79.0 cm³/mol. The summed E-state index contributed by atoms with van der Waals surface area (Å²) in [5, 5.41) is 3.29. The van der Waals surface area contributed by atoms with Gasteiger partial charge in [0.1, 0.15) is 0 Å². The van der Waals surface area contributed by atoms with Gasteiger partial charge < -0.3 is 5.32 Å². The van der Waals surface area contributed by atoms with Gasteiger partial charge in [-0.2, -0.15) is 0 Å². The molecular weight excluding hydrogens is 272 g/mol. The molecule has 1 saturated carbocycles. The average Bonchev–Trinajstić information content (AvgIpc) is 2.47. The Hall–Kier alpha value is -0.910. The van der Waals surface area contributed by atoms with Gasteiger partial charge in [0.25, 0.3) is 0 Å². The van der Waals surface area contributed by atoms with Crippen molar-refractivity contribution in [3.63, 3.8) is 0 Å². The van der Waals surface area contributed by atoms with Gasteiger partial charge in [0.2, 0.25) is 10.0 Å². The van der Waals surface area contributed by atoms with Gasteiger partial charge >= 0.3 is 0 Å². The maximum atomic E-state index is 12.5. The zero-order chi connectivity index (χ0) is 14.0. The van der Waals surface area contributed by atoms with Gasteiger partial charge in [-0.05, 0) is 49.1 Å². The molecule has 0 radical (unpaired) electrons. The highest BCUT2D eigenvalue weighted by Gasteiger charge is 2.22. The molecule has 3 rings (SSSR count). The summed E-state index contributed by atoms with van der Waals surface area (Å²) in [6.07, 6.45) is 6.38. The Balaban J connectivity index is 1.79. The third-order valence-corrected chi connectivity index (χ3v) is 5.82. The summed E-state index contributed by atoms with van der Waals surface area (Å²) >= 11 is 0. The van der Waals surface area contributed by atoms with Crippen molar-refractivity contribution in [1.29, 1.82) is 0 Å². The summed E-state index contributed by atoms with van der Waals surface area (Å²) in [5.74, 6) is 0. The first kappa shape index (κ1) is 14.0. The van der Waals surface area contributed by atoms with Gasteiger partial charge in [-0.15, -0.1) is 0 Å². The van der Waals surface area contributed by atoms with Crippen molar-refractivity contribution in [2.24, 2.45) is 0 Å². The molecule has 1 aromatic rings. The molecule has 0 spiro atoms. The Kier molecular flexibility index (Phi) is 4.10. The summed E-state index contributed by atoms with van der Waals surface area (Å²) in [6, 6.07) is 5.65. The Labute approximate surface area is 121 Å². The summed E-state index contributed by atoms with van der Waals surface area (Å²) in [6.45, 7) is 1.74. The van der Waals surface area contributed by atoms with Crippen LogP contribution in [-0.2, 0) is 23.0 Å². The van der Waals surface area contributed by atoms with Crippen LogP contribution in [0.3, 0.4) is 0 Å². The molecule has 2 aliphatic rings. The Morgan fingerprint density at radius 3 is 2.70 bits per heavy atom. The van der Waals surface area contributed by atoms with Crippen molar-refractivity contribution in [2.45, 2.75) is 56.0 Å². The fourth-order valence-electron chi connectivity index (χ4n) is 3.13. The monoisotopic (exact) mass is 294 g/mol. The van der Waals surface area contributed by atoms with Crippen molar-refractivity contribution >= 4 is 10.0 Å². The molecule has 0 aromatic heterocycles. The molecule has 1 heterocycles. The lowest BCUT2D eigenvalue weighted by atomic mass is 9.96. The molecule has 2 N–H and O–H groups in total. The lowest BCUT2D eigenvalue weighted by Gasteiger charge is -2.23. The van der Waals surface area contributed by atoms with Gasteiger partial charge in [0.15, 0.2) is 0 Å². The van der Waals surface area contributed by atoms with Gasteiger partial charge in [-0.3, -0.25) is 0 Å². The zero-order valence-corrected chi connectivity index (χ0v) is 12.5. The fraction of sp³-hybridized carbons (Fsp3) is 0.600. The van der Waals surface area contributed by atoms with Gasteiger partial charge in [0.05, 0.1) is 4.90 Å². The Morgan fingerprint density at radius 2 is 1.90 bits per heavy atom. The number of hydrogen-bond acceptors (Lipinski definition) is 3. The minimum absolute atomic E-state index is 0.114. The minimum Gasteiger partial charge on any atom is -0.312 e. The van der Waals surface area contributed by atoms with Crippen LogP contribution in [0.4, 0.5) is 0 Å². The van der Waals surface area contributed by atoms with Crippen LogP contribution in [0.25, 0.3) is 0 Å². The first-order chi connectivity index (χ1) is 9.65. The summed E-state index contributed by atoms with van der Waals surface area (Å²) in [7, 11) is -3.37. The lowest BCUT2D eigenvalue weighted by Crippen LogP contribution is -2.36. The topological polar surface area (TPSA) is 58.2 Å². The standard InChI is InChI=1S/C15H22N2O2S/c18-20(19,17-14-4-2-1-3-5-14)15-7-6-12-8-9-16-11-13(12)10-15/h6-7,10,14,16-17H,1-5,8-9,11H2. The first-order valence-electron chi connectivity index (χ1n) is 7.50. The van der Waals surface area contributed by atoms with E-state index in [0.717, 1.165) is 50.8 Å². The van der Waals surface area contributed by atoms with Crippen LogP contribution in [0, 0.1) is 0 Å². The molecule has 1 aromatic carbocycles. The molecule has 1 fully saturated rings. The smallest absolute Gasteiger partial charge is 0.240 e. The third kappa shape index (κ3) is 3.05. The Morgan fingerprint density at radius 1 is 1.10 bits per heavy atom. The number of nitrogens with one attached hydrogen (secondary N) is 2. The molecule has 1 aliphatic heterocycles. The van der Waals surface area contributed by atoms with Gasteiger partial charge in [0, 0.05) is 12.6 Å². The molecule has 0 unspecified atom stereocenters. The molecule has 0 bridgehead atoms. The SMILES string of the molecule is O=S(=O)(NC1CCCCC1)c1ccc2c(c1)CNCC2. The van der Waals surface area contributed by atoms with E-state index in [9.17, 15) is 8.42 Å². The normalized spacial score (nSPS) is 20.6. The van der Waals surface area contributed by atoms with Crippen LogP contribution >= 0.6 is 0 Å². The van der Waals surface area contributed by atoms with E-state index in [4.69, 9.17) is 0 Å². The van der Waals surface area contributed by atoms with Gasteiger partial charge in [-0.1, -0.05) is 25.3 Å². The van der Waals surface area contributed by atoms with E-state index in [1.54, 1.807) is 6.07 Å². The molecule has 0 amide bonds. The number of fused-ring (bicyclic) bond motifs is 1. The summed E-state index contributed by atoms with van der Waals surface area (Å²) in [4.78, 5) is 0.408. The predicted octanol–water partition coefficient (Wildman–Crippen LogP) is 1.94. The number of benzene rings is 1. The Bertz CT molecular complexity index is 578. The molecule has 20 heavy (non-hydrogen) atoms. The van der Waals surface area contributed by atoms with Gasteiger partial charge in [-0.25, -0.2) is 13.1 Å². The summed E-state index contributed by atoms with van der Waals surface area (Å²) in [5.41, 5.74) is 2.38. The molecule has 0 saturated heterocycles. The molecule has 5 heteroatoms. The highest BCUT2D eigenvalue weighted by Crippen LogP contribution is 2.22. The second kappa shape index (κ2) is 5.84. The van der Waals surface area contributed by atoms with E-state index < -0.39 is 10.0 Å². The largest absolute Gasteiger partial charge is 0.312 e. The molecular formula is C15H22N2O2S. The number of rotatable bonds is 3. The second-order valence-corrected chi connectivity index (χ2v) is 7.53. The van der Waals surface area contributed by atoms with E-state index in [1.165, 1.54) is 12.0 Å². The molecule has 110 valence electrons. The van der Waals surface area contributed by atoms with Crippen LogP contribution in [-0.4, -0.2) is 21.0 Å². The van der Waals surface area contributed by atoms with E-state index in [2.05, 4.69) is 10.0 Å². The molecule has 1 aliphatic carbocycles. The first-order valence-corrected chi connectivity index (χ1v) is 8.98. The highest BCUT2D eigenvalue weighted by molar-refractivity contribution is 7.89. The van der Waals surface area contributed by atoms with Crippen LogP contribution in [0.1, 0.15) is 43.2 Å². The van der Waals surface area contributed by atoms with Crippen LogP contribution in [0.5, 0.6) is 0 Å². The lowest BCUT2D eigenvalue weighted by molar-refractivity contribution is 0.412. The average molecular weight is 294 g/mol. The summed E-state index contributed by atoms with van der Waals surface area (Å²) < 4.78 is 27.8. The van der Waals surface area contributed by atoms with E-state index >= 15 is 0 Å². The second-order valence-electron chi connectivity index (χ2n) is 5.81. The molecule has 0 atom stereocenters. The van der Waals surface area contributed by atoms with Crippen molar-refractivity contribution in [3.05, 3.63) is 29.3 Å². The van der Waals surface area contributed by atoms with Crippen molar-refractivity contribution in [2.75, 3.05) is 6.54 Å².